The fourth-order valence-corrected chi connectivity index (χ4v) is 2.11. The van der Waals surface area contributed by atoms with E-state index in [0.717, 1.165) is 11.1 Å². The van der Waals surface area contributed by atoms with E-state index in [1.807, 2.05) is 24.3 Å². The van der Waals surface area contributed by atoms with Crippen LogP contribution in [0.5, 0.6) is 11.5 Å². The summed E-state index contributed by atoms with van der Waals surface area (Å²) in [6.07, 6.45) is 2.12. The Labute approximate surface area is 120 Å². The summed E-state index contributed by atoms with van der Waals surface area (Å²) in [4.78, 5) is 0. The summed E-state index contributed by atoms with van der Waals surface area (Å²) >= 11 is 0. The molecule has 0 unspecified atom stereocenters. The Morgan fingerprint density at radius 1 is 0.850 bits per heavy atom. The lowest BCUT2D eigenvalue weighted by Crippen LogP contribution is -2.18. The molecule has 0 bridgehead atoms. The fraction of sp³-hybridized carbons (Fsp3) is 0.222. The SMILES string of the molecule is CC(=Cc1ccc(O)cc1)C(C)(C)c1ccc(O)cc1. The molecule has 0 aromatic heterocycles. The van der Waals surface area contributed by atoms with E-state index in [0.29, 0.717) is 0 Å². The van der Waals surface area contributed by atoms with E-state index in [4.69, 9.17) is 0 Å². The molecule has 0 spiro atoms. The van der Waals surface area contributed by atoms with Gasteiger partial charge in [-0.3, -0.25) is 0 Å². The van der Waals surface area contributed by atoms with Crippen LogP contribution in [0.25, 0.3) is 6.08 Å². The van der Waals surface area contributed by atoms with Crippen molar-refractivity contribution >= 4 is 6.08 Å². The average molecular weight is 268 g/mol. The van der Waals surface area contributed by atoms with Crippen molar-refractivity contribution in [3.63, 3.8) is 0 Å². The first-order valence-electron chi connectivity index (χ1n) is 6.67. The third kappa shape index (κ3) is 3.02. The molecule has 104 valence electrons. The maximum Gasteiger partial charge on any atom is 0.115 e. The zero-order valence-corrected chi connectivity index (χ0v) is 12.1. The molecule has 0 aliphatic carbocycles. The molecule has 2 rings (SSSR count). The van der Waals surface area contributed by atoms with Crippen molar-refractivity contribution in [3.8, 4) is 11.5 Å². The molecule has 0 saturated carbocycles. The van der Waals surface area contributed by atoms with Crippen LogP contribution in [0, 0.1) is 0 Å². The number of hydrogen-bond donors (Lipinski definition) is 2. The molecule has 0 heterocycles. The second-order valence-corrected chi connectivity index (χ2v) is 5.59. The van der Waals surface area contributed by atoms with Crippen LogP contribution in [0.15, 0.2) is 54.1 Å². The minimum atomic E-state index is -0.119. The maximum absolute atomic E-state index is 9.38. The van der Waals surface area contributed by atoms with Gasteiger partial charge in [-0.15, -0.1) is 0 Å². The van der Waals surface area contributed by atoms with Crippen molar-refractivity contribution in [3.05, 3.63) is 65.2 Å². The number of rotatable bonds is 3. The summed E-state index contributed by atoms with van der Waals surface area (Å²) in [6.45, 7) is 6.41. The van der Waals surface area contributed by atoms with Gasteiger partial charge < -0.3 is 10.2 Å². The molecule has 2 nitrogen and oxygen atoms in total. The summed E-state index contributed by atoms with van der Waals surface area (Å²) in [6, 6.07) is 14.5. The Kier molecular flexibility index (Phi) is 3.84. The molecular weight excluding hydrogens is 248 g/mol. The molecule has 2 N–H and O–H groups in total. The standard InChI is InChI=1S/C18H20O2/c1-13(12-14-4-8-16(19)9-5-14)18(2,3)15-6-10-17(20)11-7-15/h4-12,19-20H,1-3H3. The molecule has 0 saturated heterocycles. The number of phenols is 2. The smallest absolute Gasteiger partial charge is 0.115 e. The summed E-state index contributed by atoms with van der Waals surface area (Å²) in [5.74, 6) is 0.558. The highest BCUT2D eigenvalue weighted by Gasteiger charge is 2.22. The molecule has 0 aliphatic rings. The van der Waals surface area contributed by atoms with Gasteiger partial charge in [0.2, 0.25) is 0 Å². The lowest BCUT2D eigenvalue weighted by molar-refractivity contribution is 0.474. The van der Waals surface area contributed by atoms with E-state index in [1.165, 1.54) is 5.57 Å². The molecular formula is C18H20O2. The van der Waals surface area contributed by atoms with Gasteiger partial charge in [-0.2, -0.15) is 0 Å². The van der Waals surface area contributed by atoms with Crippen LogP contribution in [0.1, 0.15) is 31.9 Å². The highest BCUT2D eigenvalue weighted by atomic mass is 16.3. The zero-order valence-electron chi connectivity index (χ0n) is 12.1. The Morgan fingerprint density at radius 2 is 1.30 bits per heavy atom. The van der Waals surface area contributed by atoms with E-state index in [1.54, 1.807) is 24.3 Å². The number of benzene rings is 2. The minimum absolute atomic E-state index is 0.119. The first-order chi connectivity index (χ1) is 9.39. The highest BCUT2D eigenvalue weighted by molar-refractivity contribution is 5.57. The van der Waals surface area contributed by atoms with Crippen molar-refractivity contribution in [1.82, 2.24) is 0 Å². The van der Waals surface area contributed by atoms with Crippen molar-refractivity contribution in [1.29, 1.82) is 0 Å². The quantitative estimate of drug-likeness (QED) is 0.861. The molecule has 0 atom stereocenters. The topological polar surface area (TPSA) is 40.5 Å². The highest BCUT2D eigenvalue weighted by Crippen LogP contribution is 2.33. The van der Waals surface area contributed by atoms with Crippen molar-refractivity contribution in [2.75, 3.05) is 0 Å². The van der Waals surface area contributed by atoms with Crippen LogP contribution in [-0.2, 0) is 5.41 Å². The van der Waals surface area contributed by atoms with Crippen LogP contribution in [0.2, 0.25) is 0 Å². The lowest BCUT2D eigenvalue weighted by Gasteiger charge is -2.27. The van der Waals surface area contributed by atoms with Gasteiger partial charge in [-0.05, 0) is 42.3 Å². The Balaban J connectivity index is 2.32. The number of aromatic hydroxyl groups is 2. The van der Waals surface area contributed by atoms with Crippen molar-refractivity contribution in [2.45, 2.75) is 26.2 Å². The van der Waals surface area contributed by atoms with E-state index in [2.05, 4.69) is 26.8 Å². The van der Waals surface area contributed by atoms with E-state index >= 15 is 0 Å². The molecule has 0 radical (unpaired) electrons. The minimum Gasteiger partial charge on any atom is -0.508 e. The molecule has 0 fully saturated rings. The van der Waals surface area contributed by atoms with Crippen molar-refractivity contribution in [2.24, 2.45) is 0 Å². The summed E-state index contributed by atoms with van der Waals surface area (Å²) < 4.78 is 0. The van der Waals surface area contributed by atoms with Crippen LogP contribution in [0.4, 0.5) is 0 Å². The second kappa shape index (κ2) is 5.41. The normalized spacial score (nSPS) is 12.4. The van der Waals surface area contributed by atoms with E-state index in [-0.39, 0.29) is 16.9 Å². The Morgan fingerprint density at radius 3 is 1.80 bits per heavy atom. The van der Waals surface area contributed by atoms with Gasteiger partial charge in [0.15, 0.2) is 0 Å². The van der Waals surface area contributed by atoms with E-state index in [9.17, 15) is 10.2 Å². The first-order valence-corrected chi connectivity index (χ1v) is 6.67. The molecule has 20 heavy (non-hydrogen) atoms. The third-order valence-corrected chi connectivity index (χ3v) is 3.85. The average Bonchev–Trinajstić information content (AvgIpc) is 2.42. The number of allylic oxidation sites excluding steroid dienone is 1. The summed E-state index contributed by atoms with van der Waals surface area (Å²) in [5.41, 5.74) is 3.31. The maximum atomic E-state index is 9.38. The predicted octanol–water partition coefficient (Wildman–Crippen LogP) is 4.48. The van der Waals surface area contributed by atoms with Gasteiger partial charge >= 0.3 is 0 Å². The Bertz CT molecular complexity index is 605. The molecule has 2 heteroatoms. The molecule has 0 aliphatic heterocycles. The molecule has 2 aromatic rings. The van der Waals surface area contributed by atoms with Gasteiger partial charge in [-0.1, -0.05) is 49.8 Å². The van der Waals surface area contributed by atoms with Crippen LogP contribution < -0.4 is 0 Å². The monoisotopic (exact) mass is 268 g/mol. The Hall–Kier alpha value is -2.22. The van der Waals surface area contributed by atoms with Gasteiger partial charge in [0, 0.05) is 5.41 Å². The lowest BCUT2D eigenvalue weighted by atomic mass is 9.77. The summed E-state index contributed by atoms with van der Waals surface area (Å²) in [5, 5.41) is 18.7. The number of hydrogen-bond acceptors (Lipinski definition) is 2. The largest absolute Gasteiger partial charge is 0.508 e. The van der Waals surface area contributed by atoms with Gasteiger partial charge in [-0.25, -0.2) is 0 Å². The summed E-state index contributed by atoms with van der Waals surface area (Å²) in [7, 11) is 0. The predicted molar refractivity (Wildman–Crippen MR) is 82.9 cm³/mol. The number of phenolic OH excluding ortho intramolecular Hbond substituents is 2. The van der Waals surface area contributed by atoms with Gasteiger partial charge in [0.1, 0.15) is 11.5 Å². The molecule has 0 amide bonds. The third-order valence-electron chi connectivity index (χ3n) is 3.85. The molecule has 2 aromatic carbocycles. The van der Waals surface area contributed by atoms with Gasteiger partial charge in [0.05, 0.1) is 0 Å². The fourth-order valence-electron chi connectivity index (χ4n) is 2.11. The van der Waals surface area contributed by atoms with Gasteiger partial charge in [0.25, 0.3) is 0 Å². The van der Waals surface area contributed by atoms with Crippen molar-refractivity contribution < 1.29 is 10.2 Å². The first kappa shape index (κ1) is 14.2. The second-order valence-electron chi connectivity index (χ2n) is 5.59. The van der Waals surface area contributed by atoms with E-state index < -0.39 is 0 Å². The zero-order chi connectivity index (χ0) is 14.8. The van der Waals surface area contributed by atoms with Crippen LogP contribution >= 0.6 is 0 Å². The van der Waals surface area contributed by atoms with Crippen LogP contribution in [-0.4, -0.2) is 10.2 Å². The van der Waals surface area contributed by atoms with Crippen LogP contribution in [0.3, 0.4) is 0 Å².